The number of amides is 1. The summed E-state index contributed by atoms with van der Waals surface area (Å²) in [6.45, 7) is 2.30. The second-order valence-corrected chi connectivity index (χ2v) is 5.26. The Labute approximate surface area is 127 Å². The van der Waals surface area contributed by atoms with E-state index in [1.807, 2.05) is 37.3 Å². The molecule has 2 aromatic heterocycles. The highest BCUT2D eigenvalue weighted by molar-refractivity contribution is 5.96. The number of carbonyl (C=O) groups is 1. The molecule has 0 fully saturated rings. The van der Waals surface area contributed by atoms with Crippen molar-refractivity contribution in [2.45, 2.75) is 13.5 Å². The predicted molar refractivity (Wildman–Crippen MR) is 83.5 cm³/mol. The Morgan fingerprint density at radius 2 is 2.14 bits per heavy atom. The summed E-state index contributed by atoms with van der Waals surface area (Å²) in [7, 11) is 0. The number of pyridine rings is 2. The van der Waals surface area contributed by atoms with Gasteiger partial charge in [-0.25, -0.2) is 4.79 Å². The molecule has 1 aromatic carbocycles. The van der Waals surface area contributed by atoms with Crippen LogP contribution in [0.15, 0.2) is 42.7 Å². The van der Waals surface area contributed by atoms with Crippen molar-refractivity contribution in [1.29, 1.82) is 0 Å². The van der Waals surface area contributed by atoms with E-state index >= 15 is 0 Å². The second kappa shape index (κ2) is 4.80. The Bertz CT molecular complexity index is 906. The monoisotopic (exact) mass is 291 g/mol. The van der Waals surface area contributed by atoms with Crippen LogP contribution in [-0.4, -0.2) is 16.1 Å². The number of anilines is 1. The van der Waals surface area contributed by atoms with E-state index < -0.39 is 6.09 Å². The zero-order valence-corrected chi connectivity index (χ0v) is 12.0. The Kier molecular flexibility index (Phi) is 2.79. The highest BCUT2D eigenvalue weighted by atomic mass is 16.5. The molecule has 4 rings (SSSR count). The number of nitrogens with one attached hydrogen (secondary N) is 1. The maximum Gasteiger partial charge on any atom is 0.411 e. The van der Waals surface area contributed by atoms with Gasteiger partial charge in [-0.2, -0.15) is 0 Å². The molecule has 3 aromatic rings. The summed E-state index contributed by atoms with van der Waals surface area (Å²) in [5.74, 6) is 0. The van der Waals surface area contributed by atoms with E-state index in [9.17, 15) is 4.79 Å². The first-order chi connectivity index (χ1) is 10.7. The summed E-state index contributed by atoms with van der Waals surface area (Å²) in [4.78, 5) is 20.3. The third-order valence-electron chi connectivity index (χ3n) is 3.83. The summed E-state index contributed by atoms with van der Waals surface area (Å²) in [5, 5.41) is 3.77. The van der Waals surface area contributed by atoms with Crippen molar-refractivity contribution in [3.63, 3.8) is 0 Å². The minimum Gasteiger partial charge on any atom is -0.444 e. The van der Waals surface area contributed by atoms with Crippen molar-refractivity contribution < 1.29 is 9.53 Å². The van der Waals surface area contributed by atoms with Crippen LogP contribution in [0.3, 0.4) is 0 Å². The largest absolute Gasteiger partial charge is 0.444 e. The van der Waals surface area contributed by atoms with E-state index in [1.54, 1.807) is 12.4 Å². The van der Waals surface area contributed by atoms with Crippen LogP contribution in [0.4, 0.5) is 10.5 Å². The summed E-state index contributed by atoms with van der Waals surface area (Å²) in [5.41, 5.74) is 5.52. The van der Waals surface area contributed by atoms with Gasteiger partial charge in [0.1, 0.15) is 6.61 Å². The Hall–Kier alpha value is -2.95. The van der Waals surface area contributed by atoms with Crippen molar-refractivity contribution >= 4 is 22.7 Å². The molecule has 0 radical (unpaired) electrons. The van der Waals surface area contributed by atoms with Gasteiger partial charge < -0.3 is 4.74 Å². The molecule has 1 aliphatic rings. The maximum atomic E-state index is 11.4. The number of nitrogens with zero attached hydrogens (tertiary/aromatic N) is 2. The van der Waals surface area contributed by atoms with Crippen molar-refractivity contribution in [3.05, 3.63) is 53.9 Å². The molecular weight excluding hydrogens is 278 g/mol. The molecule has 0 bridgehead atoms. The Balaban J connectivity index is 1.94. The van der Waals surface area contributed by atoms with E-state index in [0.29, 0.717) is 0 Å². The first-order valence-corrected chi connectivity index (χ1v) is 7.00. The highest BCUT2D eigenvalue weighted by Crippen LogP contribution is 2.32. The minimum atomic E-state index is -0.430. The van der Waals surface area contributed by atoms with Gasteiger partial charge in [0.05, 0.1) is 16.9 Å². The zero-order valence-electron chi connectivity index (χ0n) is 12.0. The normalized spacial score (nSPS) is 13.4. The smallest absolute Gasteiger partial charge is 0.411 e. The molecule has 22 heavy (non-hydrogen) atoms. The second-order valence-electron chi connectivity index (χ2n) is 5.26. The molecule has 0 aliphatic carbocycles. The van der Waals surface area contributed by atoms with Gasteiger partial charge in [-0.3, -0.25) is 15.3 Å². The van der Waals surface area contributed by atoms with Crippen LogP contribution in [0.2, 0.25) is 0 Å². The molecule has 108 valence electrons. The predicted octanol–water partition coefficient (Wildman–Crippen LogP) is 3.67. The first-order valence-electron chi connectivity index (χ1n) is 7.00. The number of hydrogen-bond donors (Lipinski definition) is 1. The zero-order chi connectivity index (χ0) is 15.1. The first kappa shape index (κ1) is 12.8. The average molecular weight is 291 g/mol. The number of cyclic esters (lactones) is 1. The molecule has 0 atom stereocenters. The molecule has 0 saturated heterocycles. The molecular formula is C17H13N3O2. The summed E-state index contributed by atoms with van der Waals surface area (Å²) >= 11 is 0. The lowest BCUT2D eigenvalue weighted by atomic mass is 9.98. The molecule has 5 heteroatoms. The number of rotatable bonds is 1. The molecule has 0 unspecified atom stereocenters. The molecule has 0 spiro atoms. The third-order valence-corrected chi connectivity index (χ3v) is 3.83. The number of aromatic nitrogens is 2. The lowest BCUT2D eigenvalue weighted by Crippen LogP contribution is -2.20. The minimum absolute atomic E-state index is 0.254. The van der Waals surface area contributed by atoms with Crippen LogP contribution in [0, 0.1) is 6.92 Å². The van der Waals surface area contributed by atoms with E-state index in [0.717, 1.165) is 39.0 Å². The van der Waals surface area contributed by atoms with Crippen LogP contribution in [-0.2, 0) is 11.3 Å². The maximum absolute atomic E-state index is 11.4. The summed E-state index contributed by atoms with van der Waals surface area (Å²) in [6.07, 6.45) is 3.10. The Morgan fingerprint density at radius 1 is 1.23 bits per heavy atom. The van der Waals surface area contributed by atoms with Gasteiger partial charge in [0.2, 0.25) is 0 Å². The van der Waals surface area contributed by atoms with Gasteiger partial charge >= 0.3 is 6.09 Å². The molecule has 5 nitrogen and oxygen atoms in total. The third kappa shape index (κ3) is 1.98. The van der Waals surface area contributed by atoms with E-state index in [4.69, 9.17) is 4.74 Å². The van der Waals surface area contributed by atoms with Gasteiger partial charge in [0.15, 0.2) is 0 Å². The lowest BCUT2D eigenvalue weighted by Gasteiger charge is -2.18. The Morgan fingerprint density at radius 3 is 3.05 bits per heavy atom. The fourth-order valence-electron chi connectivity index (χ4n) is 2.74. The lowest BCUT2D eigenvalue weighted by molar-refractivity contribution is 0.151. The molecule has 3 heterocycles. The van der Waals surface area contributed by atoms with Gasteiger partial charge in [0, 0.05) is 28.9 Å². The van der Waals surface area contributed by atoms with Crippen LogP contribution in [0.1, 0.15) is 11.1 Å². The van der Waals surface area contributed by atoms with E-state index in [1.165, 1.54) is 0 Å². The van der Waals surface area contributed by atoms with Crippen LogP contribution in [0.5, 0.6) is 0 Å². The number of benzene rings is 1. The SMILES string of the molecule is Cc1ccc2ncccc2c1-c1cc2c(cn1)COC(=O)N2. The van der Waals surface area contributed by atoms with Gasteiger partial charge in [-0.05, 0) is 30.7 Å². The number of aryl methyl sites for hydroxylation is 1. The summed E-state index contributed by atoms with van der Waals surface area (Å²) in [6, 6.07) is 9.88. The summed E-state index contributed by atoms with van der Waals surface area (Å²) < 4.78 is 4.94. The topological polar surface area (TPSA) is 64.1 Å². The molecule has 1 amide bonds. The molecule has 1 N–H and O–H groups in total. The van der Waals surface area contributed by atoms with E-state index in [2.05, 4.69) is 15.3 Å². The van der Waals surface area contributed by atoms with Crippen LogP contribution in [0.25, 0.3) is 22.2 Å². The van der Waals surface area contributed by atoms with Crippen molar-refractivity contribution in [3.8, 4) is 11.3 Å². The van der Waals surface area contributed by atoms with Crippen LogP contribution >= 0.6 is 0 Å². The van der Waals surface area contributed by atoms with Crippen LogP contribution < -0.4 is 5.32 Å². The van der Waals surface area contributed by atoms with Gasteiger partial charge in [0.25, 0.3) is 0 Å². The fraction of sp³-hybridized carbons (Fsp3) is 0.118. The van der Waals surface area contributed by atoms with Crippen molar-refractivity contribution in [1.82, 2.24) is 9.97 Å². The molecule has 0 saturated carbocycles. The fourth-order valence-corrected chi connectivity index (χ4v) is 2.74. The van der Waals surface area contributed by atoms with Crippen molar-refractivity contribution in [2.24, 2.45) is 0 Å². The number of carbonyl (C=O) groups excluding carboxylic acids is 1. The number of ether oxygens (including phenoxy) is 1. The standard InChI is InChI=1S/C17H13N3O2/c1-10-4-5-13-12(3-2-6-18-13)16(10)15-7-14-11(8-19-15)9-22-17(21)20-14/h2-8H,9H2,1H3,(H,20,21). The molecule has 1 aliphatic heterocycles. The van der Waals surface area contributed by atoms with Crippen molar-refractivity contribution in [2.75, 3.05) is 5.32 Å². The van der Waals surface area contributed by atoms with Gasteiger partial charge in [-0.1, -0.05) is 12.1 Å². The highest BCUT2D eigenvalue weighted by Gasteiger charge is 2.18. The quantitative estimate of drug-likeness (QED) is 0.743. The van der Waals surface area contributed by atoms with E-state index in [-0.39, 0.29) is 6.61 Å². The average Bonchev–Trinajstić information content (AvgIpc) is 2.54. The van der Waals surface area contributed by atoms with Gasteiger partial charge in [-0.15, -0.1) is 0 Å². The number of hydrogen-bond acceptors (Lipinski definition) is 4. The number of fused-ring (bicyclic) bond motifs is 2.